The van der Waals surface area contributed by atoms with Gasteiger partial charge in [-0.2, -0.15) is 4.31 Å². The van der Waals surface area contributed by atoms with E-state index < -0.39 is 10.0 Å². The van der Waals surface area contributed by atoms with Crippen molar-refractivity contribution in [2.75, 3.05) is 33.4 Å². The van der Waals surface area contributed by atoms with E-state index in [0.29, 0.717) is 32.7 Å². The van der Waals surface area contributed by atoms with Gasteiger partial charge in [-0.05, 0) is 54.3 Å². The van der Waals surface area contributed by atoms with Crippen LogP contribution >= 0.6 is 15.9 Å². The van der Waals surface area contributed by atoms with E-state index in [4.69, 9.17) is 4.74 Å². The monoisotopic (exact) mass is 615 g/mol. The number of halogens is 1. The number of hydrogen-bond acceptors (Lipinski definition) is 4. The number of sulfonamides is 1. The van der Waals surface area contributed by atoms with Gasteiger partial charge in [0.15, 0.2) is 0 Å². The number of benzene rings is 2. The lowest BCUT2D eigenvalue weighted by atomic mass is 10.2. The highest BCUT2D eigenvalue weighted by atomic mass is 79.9. The lowest BCUT2D eigenvalue weighted by Crippen LogP contribution is -2.43. The Kier molecular flexibility index (Phi) is 12.5. The van der Waals surface area contributed by atoms with E-state index in [-0.39, 0.29) is 19.0 Å². The van der Waals surface area contributed by atoms with Crippen molar-refractivity contribution >= 4 is 37.9 Å². The topological polar surface area (TPSA) is 71.9 Å². The summed E-state index contributed by atoms with van der Waals surface area (Å²) in [5.41, 5.74) is 2.93. The summed E-state index contributed by atoms with van der Waals surface area (Å²) in [4.78, 5) is 15.4. The maximum atomic E-state index is 13.6. The minimum absolute atomic E-state index is 0.197. The zero-order valence-corrected chi connectivity index (χ0v) is 25.1. The number of carbonyl (C=O) groups is 1. The molecule has 0 saturated carbocycles. The van der Waals surface area contributed by atoms with Crippen LogP contribution in [0.25, 0.3) is 6.08 Å². The van der Waals surface area contributed by atoms with E-state index in [1.807, 2.05) is 60.8 Å². The van der Waals surface area contributed by atoms with Gasteiger partial charge in [-0.1, -0.05) is 71.7 Å². The maximum absolute atomic E-state index is 13.6. The Bertz CT molecular complexity index is 1290. The van der Waals surface area contributed by atoms with Crippen LogP contribution in [-0.4, -0.2) is 61.4 Å². The number of carbonyl (C=O) groups excluding carboxylic acids is 1. The molecule has 2 aromatic carbocycles. The van der Waals surface area contributed by atoms with E-state index in [0.717, 1.165) is 34.1 Å². The van der Waals surface area contributed by atoms with Gasteiger partial charge in [-0.3, -0.25) is 4.79 Å². The second kappa shape index (κ2) is 15.8. The SMILES string of the molecule is CCCCN(Cc1cccn1Cc1ccc(Br)cc1)C(=O)CN(CCCOC)S(=O)(=O)C=Cc1ccccc1. The molecule has 39 heavy (non-hydrogen) atoms. The Hall–Kier alpha value is -2.72. The summed E-state index contributed by atoms with van der Waals surface area (Å²) in [6.45, 7) is 4.12. The van der Waals surface area contributed by atoms with E-state index in [1.165, 1.54) is 9.71 Å². The Morgan fingerprint density at radius 2 is 1.74 bits per heavy atom. The van der Waals surface area contributed by atoms with Gasteiger partial charge < -0.3 is 14.2 Å². The Labute approximate surface area is 241 Å². The van der Waals surface area contributed by atoms with Crippen LogP contribution < -0.4 is 0 Å². The quantitative estimate of drug-likeness (QED) is 0.192. The van der Waals surface area contributed by atoms with Crippen molar-refractivity contribution in [2.24, 2.45) is 0 Å². The van der Waals surface area contributed by atoms with Gasteiger partial charge in [-0.15, -0.1) is 0 Å². The third-order valence-electron chi connectivity index (χ3n) is 6.34. The van der Waals surface area contributed by atoms with Gasteiger partial charge in [-0.25, -0.2) is 8.42 Å². The number of ether oxygens (including phenoxy) is 1. The molecule has 1 heterocycles. The number of unbranched alkanes of at least 4 members (excludes halogenated alkanes) is 1. The largest absolute Gasteiger partial charge is 0.385 e. The molecule has 1 amide bonds. The lowest BCUT2D eigenvalue weighted by Gasteiger charge is -2.27. The smallest absolute Gasteiger partial charge is 0.238 e. The molecular weight excluding hydrogens is 578 g/mol. The van der Waals surface area contributed by atoms with Crippen molar-refractivity contribution in [1.29, 1.82) is 0 Å². The Balaban J connectivity index is 1.77. The predicted molar refractivity (Wildman–Crippen MR) is 160 cm³/mol. The summed E-state index contributed by atoms with van der Waals surface area (Å²) in [6, 6.07) is 21.4. The molecule has 210 valence electrons. The number of methoxy groups -OCH3 is 1. The summed E-state index contributed by atoms with van der Waals surface area (Å²) in [6.07, 6.45) is 5.83. The maximum Gasteiger partial charge on any atom is 0.238 e. The molecule has 0 N–H and O–H groups in total. The first kappa shape index (κ1) is 30.8. The van der Waals surface area contributed by atoms with E-state index in [1.54, 1.807) is 18.1 Å². The molecule has 0 bridgehead atoms. The van der Waals surface area contributed by atoms with E-state index >= 15 is 0 Å². The van der Waals surface area contributed by atoms with E-state index in [2.05, 4.69) is 39.6 Å². The van der Waals surface area contributed by atoms with Crippen LogP contribution in [0.1, 0.15) is 43.0 Å². The average molecular weight is 617 g/mol. The molecule has 0 aliphatic heterocycles. The van der Waals surface area contributed by atoms with Crippen molar-refractivity contribution in [3.05, 3.63) is 99.6 Å². The summed E-state index contributed by atoms with van der Waals surface area (Å²) in [5, 5.41) is 1.18. The molecule has 0 unspecified atom stereocenters. The van der Waals surface area contributed by atoms with Crippen LogP contribution in [0, 0.1) is 0 Å². The number of amides is 1. The van der Waals surface area contributed by atoms with Crippen molar-refractivity contribution in [3.63, 3.8) is 0 Å². The highest BCUT2D eigenvalue weighted by Crippen LogP contribution is 2.16. The van der Waals surface area contributed by atoms with Crippen molar-refractivity contribution < 1.29 is 17.9 Å². The van der Waals surface area contributed by atoms with Crippen LogP contribution in [0.2, 0.25) is 0 Å². The van der Waals surface area contributed by atoms with Crippen molar-refractivity contribution in [2.45, 2.75) is 39.3 Å². The van der Waals surface area contributed by atoms with Gasteiger partial charge in [0, 0.05) is 55.1 Å². The molecule has 7 nitrogen and oxygen atoms in total. The molecule has 3 rings (SSSR count). The first-order valence-electron chi connectivity index (χ1n) is 13.2. The Morgan fingerprint density at radius 3 is 2.44 bits per heavy atom. The molecule has 0 saturated heterocycles. The molecule has 1 aromatic heterocycles. The van der Waals surface area contributed by atoms with Crippen molar-refractivity contribution in [3.8, 4) is 0 Å². The van der Waals surface area contributed by atoms with Crippen LogP contribution in [0.4, 0.5) is 0 Å². The van der Waals surface area contributed by atoms with E-state index in [9.17, 15) is 13.2 Å². The molecule has 3 aromatic rings. The van der Waals surface area contributed by atoms with Gasteiger partial charge in [0.25, 0.3) is 0 Å². The normalized spacial score (nSPS) is 11.9. The first-order chi connectivity index (χ1) is 18.8. The van der Waals surface area contributed by atoms with Gasteiger partial charge >= 0.3 is 0 Å². The number of aromatic nitrogens is 1. The summed E-state index contributed by atoms with van der Waals surface area (Å²) >= 11 is 3.48. The first-order valence-corrected chi connectivity index (χ1v) is 15.5. The standard InChI is InChI=1S/C30H38BrN3O4S/c1-3-4-18-33(24-29-12-8-19-32(29)23-27-13-15-28(31)16-14-27)30(35)25-34(20-9-21-38-2)39(36,37)22-17-26-10-6-5-7-11-26/h5-8,10-17,19,22H,3-4,9,18,20-21,23-25H2,1-2H3. The lowest BCUT2D eigenvalue weighted by molar-refractivity contribution is -0.132. The average Bonchev–Trinajstić information content (AvgIpc) is 3.37. The molecular formula is C30H38BrN3O4S. The molecule has 0 spiro atoms. The fourth-order valence-electron chi connectivity index (χ4n) is 4.12. The van der Waals surface area contributed by atoms with Gasteiger partial charge in [0.05, 0.1) is 13.1 Å². The molecule has 0 radical (unpaired) electrons. The number of rotatable bonds is 16. The second-order valence-corrected chi connectivity index (χ2v) is 12.1. The summed E-state index contributed by atoms with van der Waals surface area (Å²) < 4.78 is 36.1. The fraction of sp³-hybridized carbons (Fsp3) is 0.367. The summed E-state index contributed by atoms with van der Waals surface area (Å²) in [7, 11) is -2.25. The zero-order valence-electron chi connectivity index (χ0n) is 22.7. The third kappa shape index (κ3) is 10.1. The summed E-state index contributed by atoms with van der Waals surface area (Å²) in [5.74, 6) is -0.214. The second-order valence-electron chi connectivity index (χ2n) is 9.36. The van der Waals surface area contributed by atoms with Gasteiger partial charge in [0.1, 0.15) is 0 Å². The number of nitrogens with zero attached hydrogens (tertiary/aromatic N) is 3. The molecule has 0 aliphatic rings. The minimum Gasteiger partial charge on any atom is -0.385 e. The molecule has 0 fully saturated rings. The fourth-order valence-corrected chi connectivity index (χ4v) is 5.56. The van der Waals surface area contributed by atoms with Crippen LogP contribution in [0.3, 0.4) is 0 Å². The predicted octanol–water partition coefficient (Wildman–Crippen LogP) is 5.77. The minimum atomic E-state index is -3.82. The molecule has 9 heteroatoms. The molecule has 0 aliphatic carbocycles. The Morgan fingerprint density at radius 1 is 1.00 bits per heavy atom. The number of hydrogen-bond donors (Lipinski definition) is 0. The van der Waals surface area contributed by atoms with Crippen LogP contribution in [0.5, 0.6) is 0 Å². The van der Waals surface area contributed by atoms with Crippen LogP contribution in [0.15, 0.2) is 82.8 Å². The van der Waals surface area contributed by atoms with Crippen molar-refractivity contribution in [1.82, 2.24) is 13.8 Å². The van der Waals surface area contributed by atoms with Crippen LogP contribution in [-0.2, 0) is 32.6 Å². The zero-order chi connectivity index (χ0) is 28.1. The molecule has 0 atom stereocenters. The highest BCUT2D eigenvalue weighted by Gasteiger charge is 2.25. The third-order valence-corrected chi connectivity index (χ3v) is 8.38. The van der Waals surface area contributed by atoms with Gasteiger partial charge in [0.2, 0.25) is 15.9 Å². The highest BCUT2D eigenvalue weighted by molar-refractivity contribution is 9.10.